The first-order chi connectivity index (χ1) is 11.0. The highest BCUT2D eigenvalue weighted by atomic mass is 32.2. The minimum Gasteiger partial charge on any atom is -0.223 e. The molecule has 0 saturated heterocycles. The number of hydrogen-bond donors (Lipinski definition) is 0. The van der Waals surface area contributed by atoms with Crippen molar-refractivity contribution in [2.24, 2.45) is 0 Å². The van der Waals surface area contributed by atoms with Crippen molar-refractivity contribution in [1.29, 1.82) is 0 Å². The van der Waals surface area contributed by atoms with Crippen LogP contribution >= 0.6 is 0 Å². The lowest BCUT2D eigenvalue weighted by Gasteiger charge is -2.06. The van der Waals surface area contributed by atoms with Gasteiger partial charge in [0.05, 0.1) is 10.1 Å². The first-order valence-corrected chi connectivity index (χ1v) is 9.96. The zero-order valence-corrected chi connectivity index (χ0v) is 14.6. The highest BCUT2D eigenvalue weighted by Crippen LogP contribution is 2.48. The molecule has 0 aliphatic heterocycles. The Kier molecular flexibility index (Phi) is 4.58. The van der Waals surface area contributed by atoms with Crippen LogP contribution in [0, 0.1) is 6.92 Å². The number of hydrogen-bond acceptors (Lipinski definition) is 2. The van der Waals surface area contributed by atoms with Gasteiger partial charge in [-0.3, -0.25) is 0 Å². The summed E-state index contributed by atoms with van der Waals surface area (Å²) in [6.45, 7) is 4.16. The Morgan fingerprint density at radius 1 is 1.00 bits per heavy atom. The quantitative estimate of drug-likeness (QED) is 0.772. The highest BCUT2D eigenvalue weighted by Gasteiger charge is 2.48. The molecule has 0 unspecified atom stereocenters. The van der Waals surface area contributed by atoms with Crippen LogP contribution in [0.2, 0.25) is 0 Å². The molecular formula is C20H24O2S. The number of unbranched alkanes of at least 4 members (excludes halogenated alkanes) is 1. The maximum atomic E-state index is 12.7. The van der Waals surface area contributed by atoms with Gasteiger partial charge in [0.2, 0.25) is 0 Å². The van der Waals surface area contributed by atoms with Crippen LogP contribution in [-0.2, 0) is 16.3 Å². The van der Waals surface area contributed by atoms with E-state index in [0.29, 0.717) is 4.90 Å². The molecule has 2 aromatic carbocycles. The van der Waals surface area contributed by atoms with E-state index < -0.39 is 9.84 Å². The third-order valence-corrected chi connectivity index (χ3v) is 6.95. The lowest BCUT2D eigenvalue weighted by atomic mass is 10.0. The van der Waals surface area contributed by atoms with E-state index in [2.05, 4.69) is 31.2 Å². The van der Waals surface area contributed by atoms with Crippen LogP contribution in [0.5, 0.6) is 0 Å². The van der Waals surface area contributed by atoms with Gasteiger partial charge in [0.15, 0.2) is 9.84 Å². The molecule has 0 N–H and O–H groups in total. The van der Waals surface area contributed by atoms with Crippen LogP contribution in [0.25, 0.3) is 0 Å². The molecule has 2 aromatic rings. The molecule has 0 spiro atoms. The Labute approximate surface area is 139 Å². The second-order valence-corrected chi connectivity index (χ2v) is 8.75. The maximum Gasteiger partial charge on any atom is 0.181 e. The summed E-state index contributed by atoms with van der Waals surface area (Å²) in [6.07, 6.45) is 4.24. The van der Waals surface area contributed by atoms with Gasteiger partial charge in [0, 0.05) is 5.92 Å². The summed E-state index contributed by atoms with van der Waals surface area (Å²) in [6, 6.07) is 15.7. The molecule has 0 bridgehead atoms. The molecule has 3 heteroatoms. The van der Waals surface area contributed by atoms with Crippen molar-refractivity contribution in [3.8, 4) is 0 Å². The standard InChI is InChI=1S/C20H24O2S/c1-3-4-5-16-8-10-17(11-9-16)19-14-20(19)23(21,22)18-12-6-15(2)7-13-18/h6-13,19-20H,3-5,14H2,1-2H3/t19-,20+/m0/s1. The van der Waals surface area contributed by atoms with E-state index in [1.54, 1.807) is 12.1 Å². The summed E-state index contributed by atoms with van der Waals surface area (Å²) in [4.78, 5) is 0.454. The predicted octanol–water partition coefficient (Wildman–Crippen LogP) is 4.67. The zero-order valence-electron chi connectivity index (χ0n) is 13.8. The van der Waals surface area contributed by atoms with Crippen molar-refractivity contribution in [1.82, 2.24) is 0 Å². The molecule has 2 atom stereocenters. The fourth-order valence-corrected chi connectivity index (χ4v) is 5.00. The molecule has 1 saturated carbocycles. The zero-order chi connectivity index (χ0) is 16.4. The van der Waals surface area contributed by atoms with E-state index in [1.165, 1.54) is 18.4 Å². The first kappa shape index (κ1) is 16.3. The largest absolute Gasteiger partial charge is 0.223 e. The minimum absolute atomic E-state index is 0.154. The van der Waals surface area contributed by atoms with Crippen molar-refractivity contribution in [3.63, 3.8) is 0 Å². The van der Waals surface area contributed by atoms with Crippen LogP contribution in [0.1, 0.15) is 48.8 Å². The molecule has 3 rings (SSSR count). The number of rotatable bonds is 6. The molecule has 2 nitrogen and oxygen atoms in total. The summed E-state index contributed by atoms with van der Waals surface area (Å²) in [7, 11) is -3.20. The van der Waals surface area contributed by atoms with E-state index in [0.717, 1.165) is 24.0 Å². The van der Waals surface area contributed by atoms with Gasteiger partial charge in [0.1, 0.15) is 0 Å². The van der Waals surface area contributed by atoms with Gasteiger partial charge in [-0.25, -0.2) is 8.42 Å². The van der Waals surface area contributed by atoms with Gasteiger partial charge >= 0.3 is 0 Å². The van der Waals surface area contributed by atoms with Crippen molar-refractivity contribution in [2.45, 2.75) is 55.6 Å². The molecule has 0 aromatic heterocycles. The summed E-state index contributed by atoms with van der Waals surface area (Å²) in [5.41, 5.74) is 3.58. The molecule has 0 amide bonds. The predicted molar refractivity (Wildman–Crippen MR) is 94.6 cm³/mol. The normalized spacial score (nSPS) is 20.4. The molecule has 0 radical (unpaired) electrons. The van der Waals surface area contributed by atoms with Crippen LogP contribution in [0.4, 0.5) is 0 Å². The number of sulfone groups is 1. The van der Waals surface area contributed by atoms with Gasteiger partial charge in [0.25, 0.3) is 0 Å². The van der Waals surface area contributed by atoms with E-state index >= 15 is 0 Å². The lowest BCUT2D eigenvalue weighted by Crippen LogP contribution is -2.09. The molecule has 122 valence electrons. The molecule has 1 fully saturated rings. The monoisotopic (exact) mass is 328 g/mol. The second kappa shape index (κ2) is 6.48. The second-order valence-electron chi connectivity index (χ2n) is 6.58. The summed E-state index contributed by atoms with van der Waals surface area (Å²) < 4.78 is 25.4. The number of benzene rings is 2. The van der Waals surface area contributed by atoms with E-state index in [4.69, 9.17) is 0 Å². The Bertz CT molecular complexity index is 758. The van der Waals surface area contributed by atoms with Crippen LogP contribution in [0.3, 0.4) is 0 Å². The van der Waals surface area contributed by atoms with Crippen molar-refractivity contribution >= 4 is 9.84 Å². The Morgan fingerprint density at radius 2 is 1.65 bits per heavy atom. The molecule has 1 aliphatic carbocycles. The summed E-state index contributed by atoms with van der Waals surface area (Å²) in [5.74, 6) is 0.154. The fourth-order valence-electron chi connectivity index (χ4n) is 3.08. The van der Waals surface area contributed by atoms with E-state index in [-0.39, 0.29) is 11.2 Å². The van der Waals surface area contributed by atoms with Gasteiger partial charge in [-0.2, -0.15) is 0 Å². The minimum atomic E-state index is -3.20. The van der Waals surface area contributed by atoms with Gasteiger partial charge in [-0.1, -0.05) is 55.3 Å². The third-order valence-electron chi connectivity index (χ3n) is 4.71. The highest BCUT2D eigenvalue weighted by molar-refractivity contribution is 7.92. The smallest absolute Gasteiger partial charge is 0.181 e. The summed E-state index contributed by atoms with van der Waals surface area (Å²) in [5, 5.41) is -0.258. The van der Waals surface area contributed by atoms with Gasteiger partial charge in [-0.05, 0) is 49.4 Å². The topological polar surface area (TPSA) is 34.1 Å². The van der Waals surface area contributed by atoms with Crippen molar-refractivity contribution in [2.75, 3.05) is 0 Å². The maximum absolute atomic E-state index is 12.7. The third kappa shape index (κ3) is 3.50. The van der Waals surface area contributed by atoms with Crippen LogP contribution < -0.4 is 0 Å². The Morgan fingerprint density at radius 3 is 2.26 bits per heavy atom. The SMILES string of the molecule is CCCCc1ccc([C@@H]2C[C@H]2S(=O)(=O)c2ccc(C)cc2)cc1. The molecule has 0 heterocycles. The fraction of sp³-hybridized carbons (Fsp3) is 0.400. The van der Waals surface area contributed by atoms with Crippen LogP contribution in [-0.4, -0.2) is 13.7 Å². The first-order valence-electron chi connectivity index (χ1n) is 8.42. The van der Waals surface area contributed by atoms with E-state index in [9.17, 15) is 8.42 Å². The average molecular weight is 328 g/mol. The molecule has 23 heavy (non-hydrogen) atoms. The molecular weight excluding hydrogens is 304 g/mol. The average Bonchev–Trinajstić information content (AvgIpc) is 3.35. The Hall–Kier alpha value is -1.61. The number of aryl methyl sites for hydroxylation is 2. The summed E-state index contributed by atoms with van der Waals surface area (Å²) >= 11 is 0. The van der Waals surface area contributed by atoms with Crippen molar-refractivity contribution in [3.05, 3.63) is 65.2 Å². The van der Waals surface area contributed by atoms with E-state index in [1.807, 2.05) is 19.1 Å². The van der Waals surface area contributed by atoms with Crippen LogP contribution in [0.15, 0.2) is 53.4 Å². The van der Waals surface area contributed by atoms with Gasteiger partial charge < -0.3 is 0 Å². The Balaban J connectivity index is 1.72. The van der Waals surface area contributed by atoms with Gasteiger partial charge in [-0.15, -0.1) is 0 Å². The van der Waals surface area contributed by atoms with Crippen molar-refractivity contribution < 1.29 is 8.42 Å². The lowest BCUT2D eigenvalue weighted by molar-refractivity contribution is 0.594. The molecule has 1 aliphatic rings.